The summed E-state index contributed by atoms with van der Waals surface area (Å²) in [5.41, 5.74) is 0. The number of hydrogen-bond acceptors (Lipinski definition) is 5. The van der Waals surface area contributed by atoms with Gasteiger partial charge in [-0.25, -0.2) is 13.1 Å². The van der Waals surface area contributed by atoms with Crippen LogP contribution in [0.2, 0.25) is 0 Å². The molecule has 0 saturated carbocycles. The van der Waals surface area contributed by atoms with Crippen LogP contribution in [0.4, 0.5) is 0 Å². The van der Waals surface area contributed by atoms with Crippen molar-refractivity contribution < 1.29 is 13.2 Å². The fraction of sp³-hybridized carbons (Fsp3) is 0.750. The van der Waals surface area contributed by atoms with E-state index in [1.807, 2.05) is 6.92 Å². The van der Waals surface area contributed by atoms with Gasteiger partial charge in [-0.1, -0.05) is 5.21 Å². The average molecular weight is 325 g/mol. The zero-order valence-electron chi connectivity index (χ0n) is 9.50. The molecule has 0 N–H and O–H groups in total. The first-order chi connectivity index (χ1) is 7.94. The van der Waals surface area contributed by atoms with Crippen LogP contribution in [-0.2, 0) is 21.8 Å². The van der Waals surface area contributed by atoms with Gasteiger partial charge in [0.15, 0.2) is 4.60 Å². The Hall–Kier alpha value is -0.510. The molecule has 1 aromatic rings. The van der Waals surface area contributed by atoms with Gasteiger partial charge in [-0.2, -0.15) is 4.31 Å². The second-order valence-corrected chi connectivity index (χ2v) is 6.41. The average Bonchev–Trinajstić information content (AvgIpc) is 2.59. The van der Waals surface area contributed by atoms with Gasteiger partial charge in [0.2, 0.25) is 5.03 Å². The molecule has 0 spiro atoms. The summed E-state index contributed by atoms with van der Waals surface area (Å²) in [6.45, 7) is 2.98. The first kappa shape index (κ1) is 12.9. The van der Waals surface area contributed by atoms with E-state index in [0.29, 0.717) is 19.8 Å². The first-order valence-electron chi connectivity index (χ1n) is 5.09. The third-order valence-corrected chi connectivity index (χ3v) is 5.50. The van der Waals surface area contributed by atoms with Crippen molar-refractivity contribution in [3.63, 3.8) is 0 Å². The standard InChI is InChI=1S/C8H13BrN4O3S/c1-6-5-16-4-3-13(6)17(14,15)8-7(9)10-11-12(8)2/h6H,3-5H2,1-2H3/t6-/m1/s1. The van der Waals surface area contributed by atoms with Crippen LogP contribution in [0.5, 0.6) is 0 Å². The minimum absolute atomic E-state index is 0.0752. The second-order valence-electron chi connectivity index (χ2n) is 3.85. The fourth-order valence-corrected chi connectivity index (χ4v) is 4.41. The fourth-order valence-electron chi connectivity index (χ4n) is 1.78. The Morgan fingerprint density at radius 1 is 1.53 bits per heavy atom. The van der Waals surface area contributed by atoms with Crippen molar-refractivity contribution in [2.75, 3.05) is 19.8 Å². The number of halogens is 1. The Kier molecular flexibility index (Phi) is 3.53. The maximum Gasteiger partial charge on any atom is 0.263 e. The predicted molar refractivity (Wildman–Crippen MR) is 62.9 cm³/mol. The smallest absolute Gasteiger partial charge is 0.263 e. The molecule has 2 heterocycles. The van der Waals surface area contributed by atoms with E-state index in [1.54, 1.807) is 7.05 Å². The monoisotopic (exact) mass is 324 g/mol. The highest BCUT2D eigenvalue weighted by Gasteiger charge is 2.35. The molecule has 0 amide bonds. The molecule has 17 heavy (non-hydrogen) atoms. The first-order valence-corrected chi connectivity index (χ1v) is 7.32. The molecule has 0 aliphatic carbocycles. The molecular weight excluding hydrogens is 312 g/mol. The Balaban J connectivity index is 2.42. The van der Waals surface area contributed by atoms with Crippen LogP contribution in [-0.4, -0.2) is 53.5 Å². The Morgan fingerprint density at radius 2 is 2.24 bits per heavy atom. The summed E-state index contributed by atoms with van der Waals surface area (Å²) in [7, 11) is -2.03. The van der Waals surface area contributed by atoms with Crippen LogP contribution in [0.1, 0.15) is 6.92 Å². The summed E-state index contributed by atoms with van der Waals surface area (Å²) in [4.78, 5) is 0. The zero-order valence-corrected chi connectivity index (χ0v) is 11.9. The van der Waals surface area contributed by atoms with Crippen LogP contribution >= 0.6 is 15.9 Å². The Labute approximate surface area is 108 Å². The van der Waals surface area contributed by atoms with Crippen molar-refractivity contribution in [3.8, 4) is 0 Å². The third-order valence-electron chi connectivity index (χ3n) is 2.60. The van der Waals surface area contributed by atoms with E-state index in [2.05, 4.69) is 26.2 Å². The van der Waals surface area contributed by atoms with E-state index in [4.69, 9.17) is 4.74 Å². The Morgan fingerprint density at radius 3 is 2.76 bits per heavy atom. The van der Waals surface area contributed by atoms with E-state index < -0.39 is 10.0 Å². The molecule has 1 saturated heterocycles. The maximum atomic E-state index is 12.4. The van der Waals surface area contributed by atoms with Gasteiger partial charge >= 0.3 is 0 Å². The van der Waals surface area contributed by atoms with Crippen LogP contribution in [0.15, 0.2) is 9.63 Å². The molecule has 0 unspecified atom stereocenters. The Bertz CT molecular complexity index is 495. The summed E-state index contributed by atoms with van der Waals surface area (Å²) >= 11 is 3.11. The number of ether oxygens (including phenoxy) is 1. The second kappa shape index (κ2) is 4.63. The summed E-state index contributed by atoms with van der Waals surface area (Å²) in [5, 5.41) is 7.46. The lowest BCUT2D eigenvalue weighted by atomic mass is 10.3. The van der Waals surface area contributed by atoms with Gasteiger partial charge in [0.1, 0.15) is 0 Å². The number of nitrogens with zero attached hydrogens (tertiary/aromatic N) is 4. The van der Waals surface area contributed by atoms with Crippen molar-refractivity contribution in [2.45, 2.75) is 18.0 Å². The van der Waals surface area contributed by atoms with Crippen molar-refractivity contribution in [1.82, 2.24) is 19.3 Å². The van der Waals surface area contributed by atoms with Crippen molar-refractivity contribution >= 4 is 26.0 Å². The number of hydrogen-bond donors (Lipinski definition) is 0. The molecule has 1 aliphatic heterocycles. The molecule has 96 valence electrons. The molecule has 0 radical (unpaired) electrons. The normalized spacial score (nSPS) is 22.9. The summed E-state index contributed by atoms with van der Waals surface area (Å²) in [6, 6.07) is -0.185. The summed E-state index contributed by atoms with van der Waals surface area (Å²) in [5.74, 6) is 0. The summed E-state index contributed by atoms with van der Waals surface area (Å²) in [6.07, 6.45) is 0. The van der Waals surface area contributed by atoms with Crippen LogP contribution < -0.4 is 0 Å². The van der Waals surface area contributed by atoms with Crippen molar-refractivity contribution in [1.29, 1.82) is 0 Å². The van der Waals surface area contributed by atoms with E-state index >= 15 is 0 Å². The lowest BCUT2D eigenvalue weighted by Crippen LogP contribution is -2.47. The lowest BCUT2D eigenvalue weighted by Gasteiger charge is -2.31. The van der Waals surface area contributed by atoms with Gasteiger partial charge in [0.25, 0.3) is 10.0 Å². The minimum atomic E-state index is -3.58. The number of rotatable bonds is 2. The number of aryl methyl sites for hydroxylation is 1. The molecule has 1 aromatic heterocycles. The molecule has 1 fully saturated rings. The van der Waals surface area contributed by atoms with Gasteiger partial charge in [0.05, 0.1) is 13.2 Å². The largest absolute Gasteiger partial charge is 0.378 e. The van der Waals surface area contributed by atoms with E-state index in [0.717, 1.165) is 0 Å². The lowest BCUT2D eigenvalue weighted by molar-refractivity contribution is 0.0390. The van der Waals surface area contributed by atoms with E-state index in [-0.39, 0.29) is 15.7 Å². The quantitative estimate of drug-likeness (QED) is 0.764. The number of sulfonamides is 1. The van der Waals surface area contributed by atoms with E-state index in [9.17, 15) is 8.42 Å². The highest BCUT2D eigenvalue weighted by atomic mass is 79.9. The van der Waals surface area contributed by atoms with Gasteiger partial charge in [-0.3, -0.25) is 0 Å². The predicted octanol–water partition coefficient (Wildman–Crippen LogP) is -0.0130. The molecule has 0 bridgehead atoms. The number of aromatic nitrogens is 3. The molecule has 9 heteroatoms. The van der Waals surface area contributed by atoms with Crippen LogP contribution in [0, 0.1) is 0 Å². The number of morpholine rings is 1. The van der Waals surface area contributed by atoms with Gasteiger partial charge in [0, 0.05) is 19.6 Å². The summed E-state index contributed by atoms with van der Waals surface area (Å²) < 4.78 is 33.0. The van der Waals surface area contributed by atoms with E-state index in [1.165, 1.54) is 8.99 Å². The van der Waals surface area contributed by atoms with Gasteiger partial charge in [-0.15, -0.1) is 5.10 Å². The third kappa shape index (κ3) is 2.24. The van der Waals surface area contributed by atoms with Crippen molar-refractivity contribution in [3.05, 3.63) is 4.60 Å². The zero-order chi connectivity index (χ0) is 12.6. The van der Waals surface area contributed by atoms with Gasteiger partial charge in [-0.05, 0) is 22.9 Å². The topological polar surface area (TPSA) is 77.3 Å². The molecule has 1 aliphatic rings. The molecular formula is C8H13BrN4O3S. The molecule has 1 atom stereocenters. The van der Waals surface area contributed by atoms with Crippen LogP contribution in [0.25, 0.3) is 0 Å². The molecule has 7 nitrogen and oxygen atoms in total. The minimum Gasteiger partial charge on any atom is -0.378 e. The van der Waals surface area contributed by atoms with Crippen molar-refractivity contribution in [2.24, 2.45) is 7.05 Å². The highest BCUT2D eigenvalue weighted by Crippen LogP contribution is 2.24. The van der Waals surface area contributed by atoms with Gasteiger partial charge < -0.3 is 4.74 Å². The molecule has 2 rings (SSSR count). The maximum absolute atomic E-state index is 12.4. The SMILES string of the molecule is C[C@@H]1COCCN1S(=O)(=O)c1c(Br)nnn1C. The highest BCUT2D eigenvalue weighted by molar-refractivity contribution is 9.10. The van der Waals surface area contributed by atoms with Crippen LogP contribution in [0.3, 0.4) is 0 Å². The molecule has 0 aromatic carbocycles.